The van der Waals surface area contributed by atoms with Crippen molar-refractivity contribution in [2.75, 3.05) is 6.54 Å². The molecule has 6 heteroatoms. The fourth-order valence-corrected chi connectivity index (χ4v) is 2.57. The first kappa shape index (κ1) is 17.7. The normalized spacial score (nSPS) is 12.1. The Labute approximate surface area is 124 Å². The van der Waals surface area contributed by atoms with E-state index in [2.05, 4.69) is 0 Å². The minimum atomic E-state index is -0.426. The zero-order valence-electron chi connectivity index (χ0n) is 10.9. The van der Waals surface area contributed by atoms with Crippen LogP contribution in [0.15, 0.2) is 12.1 Å². The van der Waals surface area contributed by atoms with Gasteiger partial charge >= 0.3 is 0 Å². The highest BCUT2D eigenvalue weighted by molar-refractivity contribution is 7.16. The predicted molar refractivity (Wildman–Crippen MR) is 80.5 cm³/mol. The molecule has 0 saturated carbocycles. The van der Waals surface area contributed by atoms with Crippen LogP contribution in [-0.4, -0.2) is 23.4 Å². The van der Waals surface area contributed by atoms with E-state index in [0.29, 0.717) is 13.1 Å². The second-order valence-corrected chi connectivity index (χ2v) is 6.13. The number of carbonyl (C=O) groups excluding carboxylic acids is 1. The fourth-order valence-electron chi connectivity index (χ4n) is 1.47. The van der Waals surface area contributed by atoms with E-state index in [1.807, 2.05) is 32.9 Å². The van der Waals surface area contributed by atoms with Gasteiger partial charge in [-0.2, -0.15) is 0 Å². The summed E-state index contributed by atoms with van der Waals surface area (Å²) < 4.78 is 0.747. The summed E-state index contributed by atoms with van der Waals surface area (Å²) in [6.07, 6.45) is 0. The van der Waals surface area contributed by atoms with Crippen molar-refractivity contribution in [1.29, 1.82) is 0 Å². The standard InChI is InChI=1S/C12H19ClN2OS.ClH/c1-4-15(12(16)11(14)8(2)3)7-9-5-6-10(13)17-9;/h5-6,8,11H,4,7,14H2,1-3H3;1H/t11-;/m1./s1. The number of thiophene rings is 1. The van der Waals surface area contributed by atoms with Gasteiger partial charge in [0, 0.05) is 11.4 Å². The van der Waals surface area contributed by atoms with Crippen molar-refractivity contribution in [2.45, 2.75) is 33.4 Å². The van der Waals surface area contributed by atoms with E-state index in [9.17, 15) is 4.79 Å². The average Bonchev–Trinajstić information content (AvgIpc) is 2.69. The second kappa shape index (κ2) is 8.00. The summed E-state index contributed by atoms with van der Waals surface area (Å²) in [7, 11) is 0. The van der Waals surface area contributed by atoms with Gasteiger partial charge in [0.1, 0.15) is 0 Å². The molecule has 3 nitrogen and oxygen atoms in total. The molecule has 0 aliphatic carbocycles. The molecule has 0 spiro atoms. The summed E-state index contributed by atoms with van der Waals surface area (Å²) in [5.41, 5.74) is 5.88. The largest absolute Gasteiger partial charge is 0.336 e. The van der Waals surface area contributed by atoms with Gasteiger partial charge in [0.25, 0.3) is 0 Å². The van der Waals surface area contributed by atoms with E-state index in [0.717, 1.165) is 9.21 Å². The van der Waals surface area contributed by atoms with Crippen molar-refractivity contribution in [3.63, 3.8) is 0 Å². The third-order valence-electron chi connectivity index (χ3n) is 2.67. The van der Waals surface area contributed by atoms with Gasteiger partial charge in [0.2, 0.25) is 5.91 Å². The maximum absolute atomic E-state index is 12.1. The highest BCUT2D eigenvalue weighted by Crippen LogP contribution is 2.23. The van der Waals surface area contributed by atoms with Gasteiger partial charge in [-0.15, -0.1) is 23.7 Å². The molecular formula is C12H20Cl2N2OS. The van der Waals surface area contributed by atoms with E-state index in [1.165, 1.54) is 11.3 Å². The molecule has 0 radical (unpaired) electrons. The third-order valence-corrected chi connectivity index (χ3v) is 3.89. The van der Waals surface area contributed by atoms with Crippen LogP contribution < -0.4 is 5.73 Å². The minimum Gasteiger partial charge on any atom is -0.336 e. The number of nitrogens with two attached hydrogens (primary N) is 1. The van der Waals surface area contributed by atoms with Gasteiger partial charge in [0.15, 0.2) is 0 Å². The van der Waals surface area contributed by atoms with E-state index >= 15 is 0 Å². The van der Waals surface area contributed by atoms with Crippen LogP contribution in [0.5, 0.6) is 0 Å². The predicted octanol–water partition coefficient (Wildman–Crippen LogP) is 3.16. The number of nitrogens with zero attached hydrogens (tertiary/aromatic N) is 1. The lowest BCUT2D eigenvalue weighted by molar-refractivity contribution is -0.133. The molecule has 0 aromatic carbocycles. The van der Waals surface area contributed by atoms with Crippen LogP contribution in [0, 0.1) is 5.92 Å². The number of rotatable bonds is 5. The molecule has 18 heavy (non-hydrogen) atoms. The fraction of sp³-hybridized carbons (Fsp3) is 0.583. The number of halogens is 2. The molecule has 104 valence electrons. The van der Waals surface area contributed by atoms with Crippen LogP contribution in [-0.2, 0) is 11.3 Å². The maximum atomic E-state index is 12.1. The smallest absolute Gasteiger partial charge is 0.240 e. The summed E-state index contributed by atoms with van der Waals surface area (Å²) in [5.74, 6) is 0.162. The maximum Gasteiger partial charge on any atom is 0.240 e. The van der Waals surface area contributed by atoms with Crippen LogP contribution in [0.2, 0.25) is 4.34 Å². The molecule has 0 fully saturated rings. The first-order valence-corrected chi connectivity index (χ1v) is 6.93. The molecule has 0 aliphatic heterocycles. The molecule has 2 N–H and O–H groups in total. The molecular weight excluding hydrogens is 291 g/mol. The molecule has 1 heterocycles. The number of carbonyl (C=O) groups is 1. The summed E-state index contributed by atoms with van der Waals surface area (Å²) in [5, 5.41) is 0. The Morgan fingerprint density at radius 2 is 2.11 bits per heavy atom. The van der Waals surface area contributed by atoms with Gasteiger partial charge in [-0.3, -0.25) is 4.79 Å². The van der Waals surface area contributed by atoms with Crippen molar-refractivity contribution >= 4 is 41.3 Å². The van der Waals surface area contributed by atoms with Crippen molar-refractivity contribution in [3.8, 4) is 0 Å². The second-order valence-electron chi connectivity index (χ2n) is 4.33. The SMILES string of the molecule is CCN(Cc1ccc(Cl)s1)C(=O)[C@H](N)C(C)C.Cl. The van der Waals surface area contributed by atoms with E-state index < -0.39 is 6.04 Å². The lowest BCUT2D eigenvalue weighted by atomic mass is 10.0. The zero-order valence-corrected chi connectivity index (χ0v) is 13.2. The van der Waals surface area contributed by atoms with E-state index in [-0.39, 0.29) is 24.2 Å². The highest BCUT2D eigenvalue weighted by atomic mass is 35.5. The van der Waals surface area contributed by atoms with Gasteiger partial charge in [0.05, 0.1) is 16.9 Å². The summed E-state index contributed by atoms with van der Waals surface area (Å²) in [4.78, 5) is 15.0. The van der Waals surface area contributed by atoms with Gasteiger partial charge in [-0.1, -0.05) is 25.4 Å². The molecule has 0 bridgehead atoms. The Balaban J connectivity index is 0.00000289. The molecule has 1 rings (SSSR count). The quantitative estimate of drug-likeness (QED) is 0.908. The van der Waals surface area contributed by atoms with Crippen molar-refractivity contribution in [1.82, 2.24) is 4.90 Å². The Hall–Kier alpha value is -0.290. The topological polar surface area (TPSA) is 46.3 Å². The zero-order chi connectivity index (χ0) is 13.0. The lowest BCUT2D eigenvalue weighted by Gasteiger charge is -2.25. The molecule has 1 atom stereocenters. The molecule has 0 aliphatic rings. The van der Waals surface area contributed by atoms with Crippen LogP contribution in [0.4, 0.5) is 0 Å². The number of hydrogen-bond donors (Lipinski definition) is 1. The van der Waals surface area contributed by atoms with Gasteiger partial charge in [-0.05, 0) is 25.0 Å². The monoisotopic (exact) mass is 310 g/mol. The van der Waals surface area contributed by atoms with Crippen molar-refractivity contribution < 1.29 is 4.79 Å². The van der Waals surface area contributed by atoms with Crippen LogP contribution in [0.3, 0.4) is 0 Å². The number of likely N-dealkylation sites (N-methyl/N-ethyl adjacent to an activating group) is 1. The summed E-state index contributed by atoms with van der Waals surface area (Å²) >= 11 is 7.37. The summed E-state index contributed by atoms with van der Waals surface area (Å²) in [6.45, 7) is 7.12. The minimum absolute atomic E-state index is 0. The Morgan fingerprint density at radius 1 is 1.50 bits per heavy atom. The Morgan fingerprint density at radius 3 is 2.50 bits per heavy atom. The Bertz CT molecular complexity index is 382. The molecule has 0 saturated heterocycles. The van der Waals surface area contributed by atoms with E-state index in [1.54, 1.807) is 4.90 Å². The highest BCUT2D eigenvalue weighted by Gasteiger charge is 2.22. The molecule has 1 amide bonds. The average molecular weight is 311 g/mol. The van der Waals surface area contributed by atoms with E-state index in [4.69, 9.17) is 17.3 Å². The third kappa shape index (κ3) is 4.76. The molecule has 0 unspecified atom stereocenters. The first-order chi connectivity index (χ1) is 7.95. The van der Waals surface area contributed by atoms with Crippen LogP contribution >= 0.6 is 35.3 Å². The lowest BCUT2D eigenvalue weighted by Crippen LogP contribution is -2.46. The van der Waals surface area contributed by atoms with Crippen molar-refractivity contribution in [3.05, 3.63) is 21.3 Å². The van der Waals surface area contributed by atoms with Crippen molar-refractivity contribution in [2.24, 2.45) is 11.7 Å². The van der Waals surface area contributed by atoms with Crippen LogP contribution in [0.25, 0.3) is 0 Å². The van der Waals surface area contributed by atoms with Crippen LogP contribution in [0.1, 0.15) is 25.6 Å². The molecule has 1 aromatic heterocycles. The van der Waals surface area contributed by atoms with Gasteiger partial charge in [-0.25, -0.2) is 0 Å². The number of amides is 1. The Kier molecular flexibility index (Phi) is 7.87. The molecule has 1 aromatic rings. The number of hydrogen-bond acceptors (Lipinski definition) is 3. The first-order valence-electron chi connectivity index (χ1n) is 5.74. The summed E-state index contributed by atoms with van der Waals surface area (Å²) in [6, 6.07) is 3.37. The van der Waals surface area contributed by atoms with Gasteiger partial charge < -0.3 is 10.6 Å².